The Morgan fingerprint density at radius 1 is 1.29 bits per heavy atom. The average molecular weight is 240 g/mol. The van der Waals surface area contributed by atoms with Gasteiger partial charge in [0.1, 0.15) is 0 Å². The Morgan fingerprint density at radius 2 is 2.06 bits per heavy atom. The van der Waals surface area contributed by atoms with Crippen molar-refractivity contribution in [2.45, 2.75) is 44.6 Å². The molecule has 0 radical (unpaired) electrons. The maximum Gasteiger partial charge on any atom is 0.317 e. The highest BCUT2D eigenvalue weighted by atomic mass is 16.4. The van der Waals surface area contributed by atoms with Crippen LogP contribution in [-0.4, -0.2) is 41.1 Å². The number of amides is 2. The molecule has 1 aliphatic heterocycles. The summed E-state index contributed by atoms with van der Waals surface area (Å²) in [6, 6.07) is -0.206. The summed E-state index contributed by atoms with van der Waals surface area (Å²) in [5.41, 5.74) is 0. The van der Waals surface area contributed by atoms with E-state index < -0.39 is 5.97 Å². The molecule has 5 nitrogen and oxygen atoms in total. The second kappa shape index (κ2) is 5.38. The van der Waals surface area contributed by atoms with Gasteiger partial charge < -0.3 is 15.3 Å². The van der Waals surface area contributed by atoms with Crippen LogP contribution in [0.5, 0.6) is 0 Å². The number of hydrogen-bond donors (Lipinski definition) is 2. The molecule has 0 aromatic carbocycles. The Morgan fingerprint density at radius 3 is 2.71 bits per heavy atom. The number of hydrogen-bond acceptors (Lipinski definition) is 2. The van der Waals surface area contributed by atoms with E-state index in [-0.39, 0.29) is 18.5 Å². The first-order chi connectivity index (χ1) is 8.16. The summed E-state index contributed by atoms with van der Waals surface area (Å²) < 4.78 is 0. The van der Waals surface area contributed by atoms with Gasteiger partial charge >= 0.3 is 12.0 Å². The second-order valence-electron chi connectivity index (χ2n) is 5.05. The number of aliphatic carboxylic acids is 1. The third-order valence-electron chi connectivity index (χ3n) is 3.57. The van der Waals surface area contributed by atoms with Crippen molar-refractivity contribution in [2.75, 3.05) is 13.1 Å². The Bertz CT molecular complexity index is 302. The fourth-order valence-corrected chi connectivity index (χ4v) is 2.41. The van der Waals surface area contributed by atoms with Gasteiger partial charge in [0.25, 0.3) is 0 Å². The highest BCUT2D eigenvalue weighted by Crippen LogP contribution is 2.31. The van der Waals surface area contributed by atoms with E-state index in [4.69, 9.17) is 5.11 Å². The normalized spacial score (nSPS) is 23.8. The minimum absolute atomic E-state index is 0.0655. The lowest BCUT2D eigenvalue weighted by molar-refractivity contribution is -0.137. The van der Waals surface area contributed by atoms with Crippen LogP contribution in [0, 0.1) is 5.92 Å². The number of likely N-dealkylation sites (tertiary alicyclic amines) is 1. The summed E-state index contributed by atoms with van der Waals surface area (Å²) in [7, 11) is 0. The molecule has 0 aromatic rings. The van der Waals surface area contributed by atoms with E-state index >= 15 is 0 Å². The predicted octanol–water partition coefficient (Wildman–Crippen LogP) is 1.44. The summed E-state index contributed by atoms with van der Waals surface area (Å²) in [4.78, 5) is 24.2. The zero-order chi connectivity index (χ0) is 12.3. The molecular weight excluding hydrogens is 220 g/mol. The fourth-order valence-electron chi connectivity index (χ4n) is 2.41. The molecule has 2 N–H and O–H groups in total. The van der Waals surface area contributed by atoms with Gasteiger partial charge in [-0.15, -0.1) is 0 Å². The predicted molar refractivity (Wildman–Crippen MR) is 62.7 cm³/mol. The maximum atomic E-state index is 11.9. The second-order valence-corrected chi connectivity index (χ2v) is 5.05. The molecule has 0 bridgehead atoms. The summed E-state index contributed by atoms with van der Waals surface area (Å²) in [5.74, 6) is -0.0172. The van der Waals surface area contributed by atoms with Crippen molar-refractivity contribution in [2.24, 2.45) is 5.92 Å². The molecule has 17 heavy (non-hydrogen) atoms. The van der Waals surface area contributed by atoms with E-state index in [2.05, 4.69) is 5.32 Å². The van der Waals surface area contributed by atoms with E-state index in [0.717, 1.165) is 31.7 Å². The lowest BCUT2D eigenvalue weighted by atomic mass is 10.1. The molecule has 2 fully saturated rings. The minimum atomic E-state index is -0.826. The van der Waals surface area contributed by atoms with Crippen LogP contribution >= 0.6 is 0 Å². The smallest absolute Gasteiger partial charge is 0.317 e. The van der Waals surface area contributed by atoms with E-state index in [1.165, 1.54) is 12.8 Å². The number of nitrogens with zero attached hydrogens (tertiary/aromatic N) is 1. The molecule has 2 amide bonds. The highest BCUT2D eigenvalue weighted by Gasteiger charge is 2.30. The quantitative estimate of drug-likeness (QED) is 0.764. The van der Waals surface area contributed by atoms with E-state index in [1.807, 2.05) is 0 Å². The van der Waals surface area contributed by atoms with Crippen molar-refractivity contribution in [1.82, 2.24) is 10.2 Å². The molecule has 1 unspecified atom stereocenters. The zero-order valence-electron chi connectivity index (χ0n) is 10.0. The van der Waals surface area contributed by atoms with E-state index in [1.54, 1.807) is 4.90 Å². The summed E-state index contributed by atoms with van der Waals surface area (Å²) in [5, 5.41) is 11.7. The first-order valence-corrected chi connectivity index (χ1v) is 6.43. The number of carbonyl (C=O) groups is 2. The van der Waals surface area contributed by atoms with Gasteiger partial charge in [-0.1, -0.05) is 12.8 Å². The molecule has 1 heterocycles. The molecule has 2 aliphatic rings. The third-order valence-corrected chi connectivity index (χ3v) is 3.57. The molecule has 5 heteroatoms. The van der Waals surface area contributed by atoms with E-state index in [0.29, 0.717) is 6.54 Å². The molecule has 1 atom stereocenters. The number of carboxylic acids is 1. The van der Waals surface area contributed by atoms with Gasteiger partial charge in [0.15, 0.2) is 0 Å². The minimum Gasteiger partial charge on any atom is -0.481 e. The molecule has 1 saturated heterocycles. The SMILES string of the molecule is O=C(O)CC1CCCN1C(=O)NCCC1CC1. The molecule has 1 saturated carbocycles. The van der Waals surface area contributed by atoms with Gasteiger partial charge in [-0.3, -0.25) is 4.79 Å². The Labute approximate surface area is 101 Å². The monoisotopic (exact) mass is 240 g/mol. The van der Waals surface area contributed by atoms with Gasteiger partial charge in [-0.05, 0) is 25.2 Å². The molecule has 2 rings (SSSR count). The summed E-state index contributed by atoms with van der Waals surface area (Å²) in [6.45, 7) is 1.41. The number of rotatable bonds is 5. The van der Waals surface area contributed by atoms with Gasteiger partial charge in [0.2, 0.25) is 0 Å². The standard InChI is InChI=1S/C12H20N2O3/c15-11(16)8-10-2-1-7-14(10)12(17)13-6-5-9-3-4-9/h9-10H,1-8H2,(H,13,17)(H,15,16). The number of urea groups is 1. The Balaban J connectivity index is 1.73. The van der Waals surface area contributed by atoms with Crippen LogP contribution < -0.4 is 5.32 Å². The lowest BCUT2D eigenvalue weighted by Gasteiger charge is -2.23. The third kappa shape index (κ3) is 3.61. The number of carbonyl (C=O) groups excluding carboxylic acids is 1. The average Bonchev–Trinajstić information content (AvgIpc) is 2.97. The van der Waals surface area contributed by atoms with Crippen LogP contribution in [0.1, 0.15) is 38.5 Å². The van der Waals surface area contributed by atoms with Gasteiger partial charge in [-0.2, -0.15) is 0 Å². The first-order valence-electron chi connectivity index (χ1n) is 6.43. The Hall–Kier alpha value is -1.26. The molecular formula is C12H20N2O3. The number of nitrogens with one attached hydrogen (secondary N) is 1. The van der Waals surface area contributed by atoms with Crippen LogP contribution in [-0.2, 0) is 4.79 Å². The zero-order valence-corrected chi connectivity index (χ0v) is 10.0. The van der Waals surface area contributed by atoms with E-state index in [9.17, 15) is 9.59 Å². The van der Waals surface area contributed by atoms with Crippen molar-refractivity contribution < 1.29 is 14.7 Å². The molecule has 96 valence electrons. The fraction of sp³-hybridized carbons (Fsp3) is 0.833. The van der Waals surface area contributed by atoms with Crippen LogP contribution in [0.25, 0.3) is 0 Å². The van der Waals surface area contributed by atoms with Crippen molar-refractivity contribution in [1.29, 1.82) is 0 Å². The van der Waals surface area contributed by atoms with Crippen LogP contribution in [0.4, 0.5) is 4.79 Å². The van der Waals surface area contributed by atoms with Crippen LogP contribution in [0.2, 0.25) is 0 Å². The van der Waals surface area contributed by atoms with Crippen LogP contribution in [0.3, 0.4) is 0 Å². The Kier molecular flexibility index (Phi) is 3.86. The summed E-state index contributed by atoms with van der Waals surface area (Å²) >= 11 is 0. The van der Waals surface area contributed by atoms with Crippen molar-refractivity contribution in [3.63, 3.8) is 0 Å². The first kappa shape index (κ1) is 12.2. The maximum absolute atomic E-state index is 11.9. The van der Waals surface area contributed by atoms with Gasteiger partial charge in [0.05, 0.1) is 6.42 Å². The largest absolute Gasteiger partial charge is 0.481 e. The topological polar surface area (TPSA) is 69.6 Å². The van der Waals surface area contributed by atoms with Crippen molar-refractivity contribution in [3.05, 3.63) is 0 Å². The highest BCUT2D eigenvalue weighted by molar-refractivity contribution is 5.76. The van der Waals surface area contributed by atoms with Crippen molar-refractivity contribution >= 4 is 12.0 Å². The molecule has 1 aliphatic carbocycles. The molecule has 0 spiro atoms. The molecule has 0 aromatic heterocycles. The van der Waals surface area contributed by atoms with Gasteiger partial charge in [-0.25, -0.2) is 4.79 Å². The van der Waals surface area contributed by atoms with Gasteiger partial charge in [0, 0.05) is 19.1 Å². The van der Waals surface area contributed by atoms with Crippen LogP contribution in [0.15, 0.2) is 0 Å². The lowest BCUT2D eigenvalue weighted by Crippen LogP contribution is -2.43. The number of carboxylic acid groups (broad SMARTS) is 1. The summed E-state index contributed by atoms with van der Waals surface area (Å²) in [6.07, 6.45) is 5.43. The van der Waals surface area contributed by atoms with Crippen molar-refractivity contribution in [3.8, 4) is 0 Å².